The fraction of sp³-hybridized carbons (Fsp3) is 0.667. The smallest absolute Gasteiger partial charge is 0.234 e. The van der Waals surface area contributed by atoms with E-state index in [9.17, 15) is 4.79 Å². The Hall–Kier alpha value is -0.870. The molecule has 1 aliphatic rings. The van der Waals surface area contributed by atoms with Crippen molar-refractivity contribution in [3.05, 3.63) is 21.9 Å². The number of thiophene rings is 1. The standard InChI is InChI=1S/C15H24N2OS/c1-11-8-9-14(19-11)12(2)16-10-15(18)17-13-6-4-3-5-7-13/h8-9,12-13,16H,3-7,10H2,1-2H3,(H,17,18). The van der Waals surface area contributed by atoms with Crippen LogP contribution in [0.5, 0.6) is 0 Å². The van der Waals surface area contributed by atoms with Crippen molar-refractivity contribution in [1.82, 2.24) is 10.6 Å². The van der Waals surface area contributed by atoms with E-state index in [0.717, 1.165) is 12.8 Å². The minimum atomic E-state index is 0.132. The minimum Gasteiger partial charge on any atom is -0.352 e. The molecule has 3 nitrogen and oxygen atoms in total. The van der Waals surface area contributed by atoms with Gasteiger partial charge in [-0.15, -0.1) is 11.3 Å². The molecule has 1 amide bonds. The van der Waals surface area contributed by atoms with Crippen LogP contribution in [-0.2, 0) is 4.79 Å². The van der Waals surface area contributed by atoms with E-state index >= 15 is 0 Å². The molecule has 1 unspecified atom stereocenters. The van der Waals surface area contributed by atoms with E-state index < -0.39 is 0 Å². The summed E-state index contributed by atoms with van der Waals surface area (Å²) < 4.78 is 0. The van der Waals surface area contributed by atoms with Crippen molar-refractivity contribution in [1.29, 1.82) is 0 Å². The molecule has 0 bridgehead atoms. The summed E-state index contributed by atoms with van der Waals surface area (Å²) in [6.07, 6.45) is 6.11. The first-order chi connectivity index (χ1) is 9.15. The summed E-state index contributed by atoms with van der Waals surface area (Å²) in [4.78, 5) is 14.5. The second-order valence-corrected chi connectivity index (χ2v) is 6.77. The van der Waals surface area contributed by atoms with Crippen LogP contribution < -0.4 is 10.6 Å². The fourth-order valence-corrected chi connectivity index (χ4v) is 3.46. The van der Waals surface area contributed by atoms with Crippen LogP contribution in [0.25, 0.3) is 0 Å². The Morgan fingerprint density at radius 2 is 2.11 bits per heavy atom. The monoisotopic (exact) mass is 280 g/mol. The maximum atomic E-state index is 11.9. The average molecular weight is 280 g/mol. The van der Waals surface area contributed by atoms with Crippen molar-refractivity contribution in [2.75, 3.05) is 6.54 Å². The molecule has 1 aromatic rings. The summed E-state index contributed by atoms with van der Waals surface area (Å²) in [6, 6.07) is 4.91. The number of hydrogen-bond acceptors (Lipinski definition) is 3. The number of hydrogen-bond donors (Lipinski definition) is 2. The third-order valence-electron chi connectivity index (χ3n) is 3.73. The van der Waals surface area contributed by atoms with E-state index in [0.29, 0.717) is 12.6 Å². The van der Waals surface area contributed by atoms with Crippen LogP contribution >= 0.6 is 11.3 Å². The lowest BCUT2D eigenvalue weighted by Crippen LogP contribution is -2.41. The SMILES string of the molecule is Cc1ccc(C(C)NCC(=O)NC2CCCCC2)s1. The van der Waals surface area contributed by atoms with E-state index in [4.69, 9.17) is 0 Å². The Morgan fingerprint density at radius 3 is 2.74 bits per heavy atom. The van der Waals surface area contributed by atoms with Gasteiger partial charge in [-0.05, 0) is 38.8 Å². The van der Waals surface area contributed by atoms with Gasteiger partial charge in [0.05, 0.1) is 6.54 Å². The summed E-state index contributed by atoms with van der Waals surface area (Å²) in [5, 5.41) is 6.43. The van der Waals surface area contributed by atoms with Crippen molar-refractivity contribution in [2.24, 2.45) is 0 Å². The molecule has 1 atom stereocenters. The first-order valence-electron chi connectivity index (χ1n) is 7.24. The highest BCUT2D eigenvalue weighted by molar-refractivity contribution is 7.12. The van der Waals surface area contributed by atoms with E-state index in [1.165, 1.54) is 29.0 Å². The second-order valence-electron chi connectivity index (χ2n) is 5.45. The molecular weight excluding hydrogens is 256 g/mol. The van der Waals surface area contributed by atoms with Gasteiger partial charge in [0.15, 0.2) is 0 Å². The Bertz CT molecular complexity index is 410. The van der Waals surface area contributed by atoms with Gasteiger partial charge in [0.1, 0.15) is 0 Å². The van der Waals surface area contributed by atoms with Crippen molar-refractivity contribution in [2.45, 2.75) is 58.0 Å². The summed E-state index contributed by atoms with van der Waals surface area (Å²) >= 11 is 1.79. The zero-order valence-corrected chi connectivity index (χ0v) is 12.7. The van der Waals surface area contributed by atoms with Crippen LogP contribution in [0.15, 0.2) is 12.1 Å². The molecule has 1 aromatic heterocycles. The lowest BCUT2D eigenvalue weighted by Gasteiger charge is -2.23. The van der Waals surface area contributed by atoms with Gasteiger partial charge in [-0.3, -0.25) is 4.79 Å². The van der Waals surface area contributed by atoms with Gasteiger partial charge in [-0.1, -0.05) is 19.3 Å². The molecule has 0 saturated heterocycles. The van der Waals surface area contributed by atoms with Crippen LogP contribution in [0, 0.1) is 6.92 Å². The predicted molar refractivity (Wildman–Crippen MR) is 80.5 cm³/mol. The molecule has 0 aliphatic heterocycles. The minimum absolute atomic E-state index is 0.132. The molecule has 2 rings (SSSR count). The molecule has 0 spiro atoms. The summed E-state index contributed by atoms with van der Waals surface area (Å²) in [5.74, 6) is 0.132. The van der Waals surface area contributed by atoms with Gasteiger partial charge < -0.3 is 10.6 Å². The van der Waals surface area contributed by atoms with E-state index in [-0.39, 0.29) is 11.9 Å². The average Bonchev–Trinajstić information content (AvgIpc) is 2.84. The van der Waals surface area contributed by atoms with Gasteiger partial charge in [0.2, 0.25) is 5.91 Å². The third kappa shape index (κ3) is 4.62. The lowest BCUT2D eigenvalue weighted by atomic mass is 9.95. The van der Waals surface area contributed by atoms with Crippen LogP contribution in [-0.4, -0.2) is 18.5 Å². The van der Waals surface area contributed by atoms with Gasteiger partial charge in [-0.2, -0.15) is 0 Å². The Balaban J connectivity index is 1.70. The fourth-order valence-electron chi connectivity index (χ4n) is 2.56. The number of carbonyl (C=O) groups excluding carboxylic acids is 1. The molecule has 19 heavy (non-hydrogen) atoms. The molecule has 1 aliphatic carbocycles. The summed E-state index contributed by atoms with van der Waals surface area (Å²) in [6.45, 7) is 4.63. The summed E-state index contributed by atoms with van der Waals surface area (Å²) in [5.41, 5.74) is 0. The Morgan fingerprint density at radius 1 is 1.37 bits per heavy atom. The van der Waals surface area contributed by atoms with Gasteiger partial charge >= 0.3 is 0 Å². The highest BCUT2D eigenvalue weighted by Gasteiger charge is 2.16. The van der Waals surface area contributed by atoms with Crippen LogP contribution in [0.1, 0.15) is 54.8 Å². The molecule has 0 radical (unpaired) electrons. The van der Waals surface area contributed by atoms with Crippen molar-refractivity contribution < 1.29 is 4.79 Å². The molecule has 1 fully saturated rings. The van der Waals surface area contributed by atoms with Crippen molar-refractivity contribution in [3.8, 4) is 0 Å². The van der Waals surface area contributed by atoms with E-state index in [2.05, 4.69) is 36.6 Å². The summed E-state index contributed by atoms with van der Waals surface area (Å²) in [7, 11) is 0. The van der Waals surface area contributed by atoms with E-state index in [1.54, 1.807) is 11.3 Å². The van der Waals surface area contributed by atoms with Gasteiger partial charge in [0, 0.05) is 21.8 Å². The zero-order chi connectivity index (χ0) is 13.7. The molecule has 4 heteroatoms. The first kappa shape index (κ1) is 14.5. The van der Waals surface area contributed by atoms with Crippen LogP contribution in [0.4, 0.5) is 0 Å². The van der Waals surface area contributed by atoms with Crippen molar-refractivity contribution >= 4 is 17.2 Å². The maximum absolute atomic E-state index is 11.9. The molecule has 1 heterocycles. The quantitative estimate of drug-likeness (QED) is 0.870. The normalized spacial score (nSPS) is 18.2. The number of amides is 1. The van der Waals surface area contributed by atoms with Gasteiger partial charge in [0.25, 0.3) is 0 Å². The first-order valence-corrected chi connectivity index (χ1v) is 8.06. The maximum Gasteiger partial charge on any atom is 0.234 e. The number of carbonyl (C=O) groups is 1. The van der Waals surface area contributed by atoms with Crippen LogP contribution in [0.3, 0.4) is 0 Å². The Labute approximate surface area is 119 Å². The lowest BCUT2D eigenvalue weighted by molar-refractivity contribution is -0.121. The molecule has 1 saturated carbocycles. The number of rotatable bonds is 5. The predicted octanol–water partition coefficient (Wildman–Crippen LogP) is 3.16. The van der Waals surface area contributed by atoms with Crippen LogP contribution in [0.2, 0.25) is 0 Å². The van der Waals surface area contributed by atoms with E-state index in [1.807, 2.05) is 0 Å². The molecule has 2 N–H and O–H groups in total. The molecule has 0 aromatic carbocycles. The molecule has 106 valence electrons. The number of nitrogens with one attached hydrogen (secondary N) is 2. The highest BCUT2D eigenvalue weighted by atomic mass is 32.1. The molecular formula is C15H24N2OS. The third-order valence-corrected chi connectivity index (χ3v) is 4.91. The second kappa shape index (κ2) is 7.06. The Kier molecular flexibility index (Phi) is 5.40. The van der Waals surface area contributed by atoms with Gasteiger partial charge in [-0.25, -0.2) is 0 Å². The highest BCUT2D eigenvalue weighted by Crippen LogP contribution is 2.22. The largest absolute Gasteiger partial charge is 0.352 e. The topological polar surface area (TPSA) is 41.1 Å². The van der Waals surface area contributed by atoms with Crippen molar-refractivity contribution in [3.63, 3.8) is 0 Å². The number of aryl methyl sites for hydroxylation is 1. The zero-order valence-electron chi connectivity index (χ0n) is 11.9.